The highest BCUT2D eigenvalue weighted by atomic mass is 16.2. The maximum Gasteiger partial charge on any atom is 0.223 e. The molecule has 1 aliphatic rings. The number of carbonyl (C=O) groups is 3. The smallest absolute Gasteiger partial charge is 0.223 e. The Hall–Kier alpha value is -2.22. The molecule has 1 saturated heterocycles. The molecule has 0 aliphatic carbocycles. The fourth-order valence-corrected chi connectivity index (χ4v) is 3.11. The highest BCUT2D eigenvalue weighted by Crippen LogP contribution is 2.25. The Kier molecular flexibility index (Phi) is 6.69. The van der Waals surface area contributed by atoms with Crippen LogP contribution in [-0.2, 0) is 14.4 Å². The second-order valence-corrected chi connectivity index (χ2v) is 6.59. The van der Waals surface area contributed by atoms with Crippen molar-refractivity contribution >= 4 is 17.6 Å². The molecule has 2 heterocycles. The van der Waals surface area contributed by atoms with E-state index in [9.17, 15) is 14.4 Å². The number of hydrogen-bond acceptors (Lipinski definition) is 5. The Balaban J connectivity index is 2.20. The van der Waals surface area contributed by atoms with Crippen molar-refractivity contribution in [1.29, 1.82) is 0 Å². The predicted octanol–water partition coefficient (Wildman–Crippen LogP) is 0.522. The number of aromatic nitrogens is 2. The lowest BCUT2D eigenvalue weighted by Gasteiger charge is -2.34. The summed E-state index contributed by atoms with van der Waals surface area (Å²) in [6.45, 7) is 4.59. The van der Waals surface area contributed by atoms with E-state index in [4.69, 9.17) is 5.73 Å². The van der Waals surface area contributed by atoms with Crippen molar-refractivity contribution in [3.63, 3.8) is 0 Å². The summed E-state index contributed by atoms with van der Waals surface area (Å²) in [5, 5.41) is 3.09. The molecule has 0 saturated carbocycles. The van der Waals surface area contributed by atoms with Gasteiger partial charge in [-0.15, -0.1) is 0 Å². The number of aromatic amines is 1. The number of primary amides is 1. The average molecular weight is 349 g/mol. The van der Waals surface area contributed by atoms with E-state index in [0.29, 0.717) is 18.7 Å². The van der Waals surface area contributed by atoms with Gasteiger partial charge in [-0.3, -0.25) is 14.4 Å². The van der Waals surface area contributed by atoms with E-state index >= 15 is 0 Å². The summed E-state index contributed by atoms with van der Waals surface area (Å²) in [4.78, 5) is 45.5. The van der Waals surface area contributed by atoms with Crippen molar-refractivity contribution in [2.24, 2.45) is 11.7 Å². The van der Waals surface area contributed by atoms with Crippen LogP contribution < -0.4 is 11.1 Å². The minimum absolute atomic E-state index is 0.00667. The van der Waals surface area contributed by atoms with E-state index in [1.165, 1.54) is 0 Å². The molecule has 1 fully saturated rings. The van der Waals surface area contributed by atoms with Crippen LogP contribution in [0.15, 0.2) is 12.4 Å². The number of H-pyrrole nitrogens is 1. The molecule has 2 rings (SSSR count). The molecule has 8 nitrogen and oxygen atoms in total. The Morgan fingerprint density at radius 1 is 1.44 bits per heavy atom. The summed E-state index contributed by atoms with van der Waals surface area (Å²) < 4.78 is 0. The van der Waals surface area contributed by atoms with Gasteiger partial charge in [0.05, 0.1) is 18.6 Å². The molecule has 0 aromatic carbocycles. The molecule has 2 unspecified atom stereocenters. The minimum atomic E-state index is -0.480. The summed E-state index contributed by atoms with van der Waals surface area (Å²) in [6, 6.07) is -0.829. The number of imidazole rings is 1. The van der Waals surface area contributed by atoms with Gasteiger partial charge in [0.1, 0.15) is 5.82 Å². The monoisotopic (exact) mass is 349 g/mol. The summed E-state index contributed by atoms with van der Waals surface area (Å²) in [7, 11) is 0. The molecule has 3 atom stereocenters. The number of nitrogens with two attached hydrogens (primary N) is 1. The molecule has 25 heavy (non-hydrogen) atoms. The molecule has 1 aromatic heterocycles. The van der Waals surface area contributed by atoms with Crippen molar-refractivity contribution in [2.45, 2.75) is 51.6 Å². The molecule has 0 bridgehead atoms. The lowest BCUT2D eigenvalue weighted by atomic mass is 10.00. The van der Waals surface area contributed by atoms with Crippen molar-refractivity contribution in [1.82, 2.24) is 20.2 Å². The molecule has 4 N–H and O–H groups in total. The number of nitrogens with zero attached hydrogens (tertiary/aromatic N) is 2. The highest BCUT2D eigenvalue weighted by Gasteiger charge is 2.35. The topological polar surface area (TPSA) is 121 Å². The number of nitrogens with one attached hydrogen (secondary N) is 2. The highest BCUT2D eigenvalue weighted by molar-refractivity contribution is 5.91. The number of hydrogen-bond donors (Lipinski definition) is 3. The minimum Gasteiger partial charge on any atom is -0.369 e. The molecule has 1 aromatic rings. The van der Waals surface area contributed by atoms with E-state index in [0.717, 1.165) is 13.0 Å². The number of ketones is 1. The summed E-state index contributed by atoms with van der Waals surface area (Å²) in [5.41, 5.74) is 5.28. The molecule has 0 radical (unpaired) electrons. The normalized spacial score (nSPS) is 20.6. The molecular weight excluding hydrogens is 322 g/mol. The van der Waals surface area contributed by atoms with Crippen LogP contribution >= 0.6 is 0 Å². The van der Waals surface area contributed by atoms with E-state index < -0.39 is 11.9 Å². The van der Waals surface area contributed by atoms with Gasteiger partial charge in [-0.1, -0.05) is 6.92 Å². The van der Waals surface area contributed by atoms with Gasteiger partial charge in [-0.05, 0) is 32.7 Å². The number of amides is 2. The van der Waals surface area contributed by atoms with Gasteiger partial charge in [0.25, 0.3) is 0 Å². The standard InChI is InChI=1S/C17H27N5O3/c1-11(16(18)25)5-6-15(24)22(12(2)17-20-8-9-21-17)13-4-3-7-19-10-14(13)23/h8-9,11-13,19H,3-7,10H2,1-2H3,(H2,18,25)(H,20,21)/t11?,12?,13-/m0/s1. The Morgan fingerprint density at radius 2 is 2.20 bits per heavy atom. The van der Waals surface area contributed by atoms with Gasteiger partial charge < -0.3 is 20.9 Å². The van der Waals surface area contributed by atoms with E-state index in [2.05, 4.69) is 15.3 Å². The van der Waals surface area contributed by atoms with Crippen molar-refractivity contribution in [3.05, 3.63) is 18.2 Å². The largest absolute Gasteiger partial charge is 0.369 e. The zero-order valence-corrected chi connectivity index (χ0v) is 14.8. The van der Waals surface area contributed by atoms with Gasteiger partial charge in [0, 0.05) is 24.7 Å². The summed E-state index contributed by atoms with van der Waals surface area (Å²) in [6.07, 6.45) is 5.30. The lowest BCUT2D eigenvalue weighted by Crippen LogP contribution is -2.48. The van der Waals surface area contributed by atoms with Gasteiger partial charge in [0.15, 0.2) is 5.78 Å². The molecule has 2 amide bonds. The van der Waals surface area contributed by atoms with Crippen molar-refractivity contribution in [2.75, 3.05) is 13.1 Å². The molecule has 0 spiro atoms. The van der Waals surface area contributed by atoms with E-state index in [-0.39, 0.29) is 36.6 Å². The third-order valence-corrected chi connectivity index (χ3v) is 4.74. The van der Waals surface area contributed by atoms with Crippen LogP contribution in [0, 0.1) is 5.92 Å². The quantitative estimate of drug-likeness (QED) is 0.663. The maximum absolute atomic E-state index is 12.9. The van der Waals surface area contributed by atoms with Crippen molar-refractivity contribution < 1.29 is 14.4 Å². The first kappa shape index (κ1) is 19.1. The van der Waals surface area contributed by atoms with Crippen LogP contribution in [0.2, 0.25) is 0 Å². The SMILES string of the molecule is CC(CCC(=O)N(C(C)c1ncc[nH]1)[C@H]1CCCNCC1=O)C(N)=O. The molecular formula is C17H27N5O3. The van der Waals surface area contributed by atoms with Gasteiger partial charge in [-0.2, -0.15) is 0 Å². The Bertz CT molecular complexity index is 601. The Morgan fingerprint density at radius 3 is 2.84 bits per heavy atom. The predicted molar refractivity (Wildman–Crippen MR) is 92.3 cm³/mol. The van der Waals surface area contributed by atoms with E-state index in [1.54, 1.807) is 24.2 Å². The van der Waals surface area contributed by atoms with Crippen LogP contribution in [0.4, 0.5) is 0 Å². The number of carbonyl (C=O) groups excluding carboxylic acids is 3. The number of Topliss-reactive ketones (excluding diaryl/α,β-unsaturated/α-hetero) is 1. The first-order valence-corrected chi connectivity index (χ1v) is 8.75. The van der Waals surface area contributed by atoms with Crippen LogP contribution in [0.1, 0.15) is 51.4 Å². The van der Waals surface area contributed by atoms with Crippen LogP contribution in [0.5, 0.6) is 0 Å². The third-order valence-electron chi connectivity index (χ3n) is 4.74. The second-order valence-electron chi connectivity index (χ2n) is 6.59. The van der Waals surface area contributed by atoms with Crippen LogP contribution in [0.25, 0.3) is 0 Å². The van der Waals surface area contributed by atoms with Gasteiger partial charge in [-0.25, -0.2) is 4.98 Å². The Labute approximate surface area is 147 Å². The average Bonchev–Trinajstić information content (AvgIpc) is 3.04. The first-order valence-electron chi connectivity index (χ1n) is 8.75. The fourth-order valence-electron chi connectivity index (χ4n) is 3.11. The molecule has 138 valence electrons. The van der Waals surface area contributed by atoms with Gasteiger partial charge in [0.2, 0.25) is 11.8 Å². The first-order chi connectivity index (χ1) is 11.9. The van der Waals surface area contributed by atoms with Gasteiger partial charge >= 0.3 is 0 Å². The third kappa shape index (κ3) is 4.88. The summed E-state index contributed by atoms with van der Waals surface area (Å²) in [5.74, 6) is -0.310. The van der Waals surface area contributed by atoms with Crippen LogP contribution in [0.3, 0.4) is 0 Å². The second kappa shape index (κ2) is 8.75. The lowest BCUT2D eigenvalue weighted by molar-refractivity contribution is -0.142. The fraction of sp³-hybridized carbons (Fsp3) is 0.647. The van der Waals surface area contributed by atoms with Crippen molar-refractivity contribution in [3.8, 4) is 0 Å². The van der Waals surface area contributed by atoms with Crippen LogP contribution in [-0.4, -0.2) is 51.6 Å². The maximum atomic E-state index is 12.9. The zero-order chi connectivity index (χ0) is 18.4. The zero-order valence-electron chi connectivity index (χ0n) is 14.8. The molecule has 8 heteroatoms. The molecule has 1 aliphatic heterocycles. The van der Waals surface area contributed by atoms with E-state index in [1.807, 2.05) is 6.92 Å². The number of rotatable bonds is 7. The summed E-state index contributed by atoms with van der Waals surface area (Å²) >= 11 is 0.